The topological polar surface area (TPSA) is 38.3 Å². The van der Waals surface area contributed by atoms with E-state index in [1.807, 2.05) is 0 Å². The number of hydrogen-bond acceptors (Lipinski definition) is 3. The van der Waals surface area contributed by atoms with Crippen LogP contribution in [0, 0.1) is 5.82 Å². The first-order valence-corrected chi connectivity index (χ1v) is 5.72. The number of benzene rings is 1. The molecule has 0 aliphatic rings. The molecule has 0 radical (unpaired) electrons. The third-order valence-corrected chi connectivity index (χ3v) is 2.43. The van der Waals surface area contributed by atoms with Gasteiger partial charge in [0.05, 0.1) is 12.3 Å². The summed E-state index contributed by atoms with van der Waals surface area (Å²) in [7, 11) is 0. The summed E-state index contributed by atoms with van der Waals surface area (Å²) in [5, 5.41) is 2.76. The van der Waals surface area contributed by atoms with Gasteiger partial charge >= 0.3 is 5.97 Å². The van der Waals surface area contributed by atoms with Crippen molar-refractivity contribution in [1.82, 2.24) is 0 Å². The predicted molar refractivity (Wildman–Crippen MR) is 63.8 cm³/mol. The molecule has 1 rings (SSSR count). The van der Waals surface area contributed by atoms with E-state index in [0.29, 0.717) is 6.61 Å². The Balaban J connectivity index is 2.72. The molecule has 1 aromatic rings. The molecular formula is C11H13BrFNO2. The molecule has 0 bridgehead atoms. The van der Waals surface area contributed by atoms with Crippen molar-refractivity contribution >= 4 is 27.6 Å². The van der Waals surface area contributed by atoms with Crippen molar-refractivity contribution in [3.8, 4) is 0 Å². The third kappa shape index (κ3) is 3.48. The van der Waals surface area contributed by atoms with Crippen LogP contribution in [0.3, 0.4) is 0 Å². The molecule has 3 nitrogen and oxygen atoms in total. The maximum absolute atomic E-state index is 13.3. The number of rotatable bonds is 4. The van der Waals surface area contributed by atoms with Crippen LogP contribution in [-0.4, -0.2) is 18.6 Å². The Kier molecular flexibility index (Phi) is 4.73. The van der Waals surface area contributed by atoms with E-state index < -0.39 is 17.8 Å². The fourth-order valence-electron chi connectivity index (χ4n) is 1.17. The van der Waals surface area contributed by atoms with Crippen LogP contribution in [0.2, 0.25) is 0 Å². The lowest BCUT2D eigenvalue weighted by Crippen LogP contribution is -2.28. The predicted octanol–water partition coefficient (Wildman–Crippen LogP) is 2.95. The molecule has 0 aromatic heterocycles. The smallest absolute Gasteiger partial charge is 0.328 e. The van der Waals surface area contributed by atoms with Gasteiger partial charge in [0.2, 0.25) is 0 Å². The van der Waals surface area contributed by atoms with Gasteiger partial charge in [0.1, 0.15) is 11.9 Å². The molecule has 0 saturated heterocycles. The Labute approximate surface area is 102 Å². The van der Waals surface area contributed by atoms with Crippen molar-refractivity contribution in [2.75, 3.05) is 11.9 Å². The summed E-state index contributed by atoms with van der Waals surface area (Å²) in [5.41, 5.74) is 0.273. The van der Waals surface area contributed by atoms with Crippen LogP contribution in [0.25, 0.3) is 0 Å². The fourth-order valence-corrected chi connectivity index (χ4v) is 1.53. The number of nitrogens with one attached hydrogen (secondary N) is 1. The minimum Gasteiger partial charge on any atom is -0.464 e. The largest absolute Gasteiger partial charge is 0.464 e. The molecule has 0 spiro atoms. The highest BCUT2D eigenvalue weighted by atomic mass is 79.9. The van der Waals surface area contributed by atoms with E-state index in [4.69, 9.17) is 4.74 Å². The van der Waals surface area contributed by atoms with Gasteiger partial charge in [-0.15, -0.1) is 0 Å². The molecule has 0 aliphatic carbocycles. The minimum absolute atomic E-state index is 0.273. The molecule has 1 unspecified atom stereocenters. The quantitative estimate of drug-likeness (QED) is 0.866. The molecule has 5 heteroatoms. The number of esters is 1. The Hall–Kier alpha value is -1.10. The summed E-state index contributed by atoms with van der Waals surface area (Å²) in [6.45, 7) is 3.66. The lowest BCUT2D eigenvalue weighted by atomic mass is 10.2. The van der Waals surface area contributed by atoms with Crippen molar-refractivity contribution in [1.29, 1.82) is 0 Å². The highest BCUT2D eigenvalue weighted by molar-refractivity contribution is 9.10. The first kappa shape index (κ1) is 13.0. The standard InChI is InChI=1S/C11H13BrFNO2/c1-3-16-11(15)7(2)14-10-6-8(12)4-5-9(10)13/h4-7,14H,3H2,1-2H3. The van der Waals surface area contributed by atoms with E-state index in [1.165, 1.54) is 6.07 Å². The summed E-state index contributed by atoms with van der Waals surface area (Å²) in [4.78, 5) is 11.3. The van der Waals surface area contributed by atoms with Gasteiger partial charge in [-0.25, -0.2) is 9.18 Å². The summed E-state index contributed by atoms with van der Waals surface area (Å²) >= 11 is 3.23. The normalized spacial score (nSPS) is 12.0. The van der Waals surface area contributed by atoms with Crippen molar-refractivity contribution < 1.29 is 13.9 Å². The van der Waals surface area contributed by atoms with Gasteiger partial charge in [-0.05, 0) is 32.0 Å². The second-order valence-electron chi connectivity index (χ2n) is 3.24. The molecule has 16 heavy (non-hydrogen) atoms. The molecule has 0 saturated carbocycles. The van der Waals surface area contributed by atoms with Gasteiger partial charge in [-0.2, -0.15) is 0 Å². The van der Waals surface area contributed by atoms with E-state index in [2.05, 4.69) is 21.2 Å². The maximum atomic E-state index is 13.3. The lowest BCUT2D eigenvalue weighted by molar-refractivity contribution is -0.143. The number of hydrogen-bond donors (Lipinski definition) is 1. The zero-order chi connectivity index (χ0) is 12.1. The van der Waals surface area contributed by atoms with Crippen LogP contribution in [0.1, 0.15) is 13.8 Å². The van der Waals surface area contributed by atoms with Gasteiger partial charge in [-0.1, -0.05) is 15.9 Å². The zero-order valence-corrected chi connectivity index (χ0v) is 10.7. The molecule has 0 amide bonds. The van der Waals surface area contributed by atoms with E-state index in [0.717, 1.165) is 4.47 Å². The molecule has 88 valence electrons. The van der Waals surface area contributed by atoms with Crippen LogP contribution < -0.4 is 5.32 Å². The fraction of sp³-hybridized carbons (Fsp3) is 0.364. The Bertz CT molecular complexity index is 384. The lowest BCUT2D eigenvalue weighted by Gasteiger charge is -2.14. The van der Waals surface area contributed by atoms with Crippen LogP contribution in [0.5, 0.6) is 0 Å². The van der Waals surface area contributed by atoms with E-state index in [1.54, 1.807) is 26.0 Å². The molecule has 0 aliphatic heterocycles. The third-order valence-electron chi connectivity index (χ3n) is 1.94. The Morgan fingerprint density at radius 1 is 1.62 bits per heavy atom. The monoisotopic (exact) mass is 289 g/mol. The van der Waals surface area contributed by atoms with Crippen LogP contribution >= 0.6 is 15.9 Å². The number of carbonyl (C=O) groups excluding carboxylic acids is 1. The Morgan fingerprint density at radius 2 is 2.31 bits per heavy atom. The summed E-state index contributed by atoms with van der Waals surface area (Å²) < 4.78 is 18.9. The summed E-state index contributed by atoms with van der Waals surface area (Å²) in [6.07, 6.45) is 0. The molecule has 1 atom stereocenters. The van der Waals surface area contributed by atoms with Crippen LogP contribution in [-0.2, 0) is 9.53 Å². The van der Waals surface area contributed by atoms with E-state index >= 15 is 0 Å². The summed E-state index contributed by atoms with van der Waals surface area (Å²) in [6, 6.07) is 3.91. The summed E-state index contributed by atoms with van der Waals surface area (Å²) in [5.74, 6) is -0.804. The Morgan fingerprint density at radius 3 is 2.94 bits per heavy atom. The minimum atomic E-state index is -0.580. The number of ether oxygens (including phenoxy) is 1. The van der Waals surface area contributed by atoms with Gasteiger partial charge < -0.3 is 10.1 Å². The average Bonchev–Trinajstić information content (AvgIpc) is 2.23. The molecule has 1 aromatic carbocycles. The average molecular weight is 290 g/mol. The van der Waals surface area contributed by atoms with Gasteiger partial charge in [0, 0.05) is 4.47 Å². The molecule has 1 N–H and O–H groups in total. The van der Waals surface area contributed by atoms with E-state index in [-0.39, 0.29) is 5.69 Å². The second kappa shape index (κ2) is 5.84. The SMILES string of the molecule is CCOC(=O)C(C)Nc1cc(Br)ccc1F. The van der Waals surface area contributed by atoms with Gasteiger partial charge in [0.15, 0.2) is 0 Å². The van der Waals surface area contributed by atoms with Crippen molar-refractivity contribution in [3.63, 3.8) is 0 Å². The first-order valence-electron chi connectivity index (χ1n) is 4.92. The van der Waals surface area contributed by atoms with Gasteiger partial charge in [-0.3, -0.25) is 0 Å². The molecular weight excluding hydrogens is 277 g/mol. The van der Waals surface area contributed by atoms with Crippen molar-refractivity contribution in [2.24, 2.45) is 0 Å². The number of anilines is 1. The van der Waals surface area contributed by atoms with E-state index in [9.17, 15) is 9.18 Å². The number of halogens is 2. The van der Waals surface area contributed by atoms with Gasteiger partial charge in [0.25, 0.3) is 0 Å². The highest BCUT2D eigenvalue weighted by Gasteiger charge is 2.15. The zero-order valence-electron chi connectivity index (χ0n) is 9.09. The van der Waals surface area contributed by atoms with Crippen LogP contribution in [0.4, 0.5) is 10.1 Å². The second-order valence-corrected chi connectivity index (χ2v) is 4.16. The van der Waals surface area contributed by atoms with Crippen LogP contribution in [0.15, 0.2) is 22.7 Å². The number of carbonyl (C=O) groups is 1. The first-order chi connectivity index (χ1) is 7.54. The maximum Gasteiger partial charge on any atom is 0.328 e. The molecule has 0 fully saturated rings. The van der Waals surface area contributed by atoms with Crippen molar-refractivity contribution in [3.05, 3.63) is 28.5 Å². The highest BCUT2D eigenvalue weighted by Crippen LogP contribution is 2.20. The van der Waals surface area contributed by atoms with Crippen molar-refractivity contribution in [2.45, 2.75) is 19.9 Å². The molecule has 0 heterocycles.